The fourth-order valence-electron chi connectivity index (χ4n) is 4.67. The molecule has 0 amide bonds. The van der Waals surface area contributed by atoms with Crippen molar-refractivity contribution < 1.29 is 0 Å². The molecule has 1 aromatic carbocycles. The van der Waals surface area contributed by atoms with Gasteiger partial charge in [-0.2, -0.15) is 0 Å². The largest absolute Gasteiger partial charge is 0.319 e. The van der Waals surface area contributed by atoms with E-state index in [1.165, 1.54) is 51.7 Å². The van der Waals surface area contributed by atoms with Gasteiger partial charge in [-0.3, -0.25) is 4.90 Å². The van der Waals surface area contributed by atoms with E-state index in [9.17, 15) is 0 Å². The molecule has 0 saturated heterocycles. The van der Waals surface area contributed by atoms with Gasteiger partial charge in [-0.05, 0) is 48.8 Å². The molecular weight excluding hydrogens is 256 g/mol. The van der Waals surface area contributed by atoms with Crippen molar-refractivity contribution in [2.45, 2.75) is 45.6 Å². The number of hydrogen-bond donors (Lipinski definition) is 1. The van der Waals surface area contributed by atoms with Crippen LogP contribution in [0.15, 0.2) is 24.3 Å². The number of nitrogens with zero attached hydrogens (tertiary/aromatic N) is 1. The monoisotopic (exact) mass is 286 g/mol. The Morgan fingerprint density at radius 2 is 2.10 bits per heavy atom. The molecule has 0 radical (unpaired) electrons. The first-order valence-corrected chi connectivity index (χ1v) is 8.64. The molecule has 1 heterocycles. The van der Waals surface area contributed by atoms with Crippen LogP contribution in [0.3, 0.4) is 0 Å². The molecule has 1 N–H and O–H groups in total. The third-order valence-electron chi connectivity index (χ3n) is 5.51. The molecule has 21 heavy (non-hydrogen) atoms. The molecule has 0 aromatic heterocycles. The van der Waals surface area contributed by atoms with Crippen LogP contribution in [0, 0.1) is 11.3 Å². The maximum absolute atomic E-state index is 3.48. The molecule has 2 nitrogen and oxygen atoms in total. The van der Waals surface area contributed by atoms with Crippen molar-refractivity contribution >= 4 is 0 Å². The first-order valence-electron chi connectivity index (χ1n) is 8.64. The average molecular weight is 286 g/mol. The van der Waals surface area contributed by atoms with E-state index < -0.39 is 0 Å². The van der Waals surface area contributed by atoms with Crippen LogP contribution >= 0.6 is 0 Å². The number of fused-ring (bicyclic) bond motifs is 1. The van der Waals surface area contributed by atoms with Gasteiger partial charge in [0.2, 0.25) is 0 Å². The lowest BCUT2D eigenvalue weighted by atomic mass is 9.69. The molecular formula is C19H30N2. The highest BCUT2D eigenvalue weighted by atomic mass is 15.1. The molecule has 1 aromatic rings. The molecule has 2 unspecified atom stereocenters. The zero-order chi connectivity index (χ0) is 14.7. The highest BCUT2D eigenvalue weighted by Crippen LogP contribution is 2.40. The van der Waals surface area contributed by atoms with E-state index in [4.69, 9.17) is 0 Å². The molecule has 1 saturated carbocycles. The Balaban J connectivity index is 1.69. The third-order valence-corrected chi connectivity index (χ3v) is 5.51. The van der Waals surface area contributed by atoms with Crippen molar-refractivity contribution in [2.75, 3.05) is 26.7 Å². The van der Waals surface area contributed by atoms with Crippen LogP contribution in [0.4, 0.5) is 0 Å². The summed E-state index contributed by atoms with van der Waals surface area (Å²) in [5.41, 5.74) is 3.61. The van der Waals surface area contributed by atoms with Crippen LogP contribution in [0.25, 0.3) is 0 Å². The molecule has 2 heteroatoms. The normalized spacial score (nSPS) is 30.1. The van der Waals surface area contributed by atoms with Gasteiger partial charge in [0.05, 0.1) is 0 Å². The minimum Gasteiger partial charge on any atom is -0.319 e. The highest BCUT2D eigenvalue weighted by molar-refractivity contribution is 5.29. The van der Waals surface area contributed by atoms with Crippen molar-refractivity contribution in [3.05, 3.63) is 35.4 Å². The van der Waals surface area contributed by atoms with Crippen LogP contribution in [-0.2, 0) is 13.0 Å². The quantitative estimate of drug-likeness (QED) is 0.912. The Morgan fingerprint density at radius 3 is 2.86 bits per heavy atom. The summed E-state index contributed by atoms with van der Waals surface area (Å²) in [6, 6.07) is 8.99. The zero-order valence-electron chi connectivity index (χ0n) is 13.7. The Labute approximate surface area is 129 Å². The lowest BCUT2D eigenvalue weighted by Crippen LogP contribution is -2.47. The Morgan fingerprint density at radius 1 is 1.29 bits per heavy atom. The van der Waals surface area contributed by atoms with Crippen LogP contribution in [0.1, 0.15) is 43.7 Å². The molecule has 0 bridgehead atoms. The van der Waals surface area contributed by atoms with Gasteiger partial charge in [-0.25, -0.2) is 0 Å². The van der Waals surface area contributed by atoms with E-state index >= 15 is 0 Å². The van der Waals surface area contributed by atoms with E-state index in [0.717, 1.165) is 12.5 Å². The zero-order valence-corrected chi connectivity index (χ0v) is 13.7. The van der Waals surface area contributed by atoms with E-state index in [-0.39, 0.29) is 0 Å². The van der Waals surface area contributed by atoms with E-state index in [2.05, 4.69) is 48.5 Å². The summed E-state index contributed by atoms with van der Waals surface area (Å²) in [5.74, 6) is 0.893. The summed E-state index contributed by atoms with van der Waals surface area (Å²) in [4.78, 5) is 2.71. The SMILES string of the molecule is CNCC1(CN2CCc3ccccc3C2)CCCC(C)C1. The second kappa shape index (κ2) is 6.50. The van der Waals surface area contributed by atoms with Gasteiger partial charge in [-0.15, -0.1) is 0 Å². The Kier molecular flexibility index (Phi) is 4.66. The molecule has 2 atom stereocenters. The lowest BCUT2D eigenvalue weighted by Gasteiger charge is -2.44. The average Bonchev–Trinajstić information content (AvgIpc) is 2.47. The van der Waals surface area contributed by atoms with Gasteiger partial charge >= 0.3 is 0 Å². The fraction of sp³-hybridized carbons (Fsp3) is 0.684. The Bertz CT molecular complexity index is 466. The topological polar surface area (TPSA) is 15.3 Å². The van der Waals surface area contributed by atoms with Gasteiger partial charge < -0.3 is 5.32 Å². The number of hydrogen-bond acceptors (Lipinski definition) is 2. The summed E-state index contributed by atoms with van der Waals surface area (Å²) in [5, 5.41) is 3.48. The predicted octanol–water partition coefficient (Wildman–Crippen LogP) is 3.46. The molecule has 1 aliphatic heterocycles. The summed E-state index contributed by atoms with van der Waals surface area (Å²) in [6.07, 6.45) is 6.85. The van der Waals surface area contributed by atoms with Gasteiger partial charge in [0.15, 0.2) is 0 Å². The van der Waals surface area contributed by atoms with E-state index in [1.807, 2.05) is 0 Å². The molecule has 2 aliphatic rings. The van der Waals surface area contributed by atoms with Crippen molar-refractivity contribution in [1.29, 1.82) is 0 Å². The number of rotatable bonds is 4. The molecule has 3 rings (SSSR count). The maximum atomic E-state index is 3.48. The molecule has 116 valence electrons. The van der Waals surface area contributed by atoms with Crippen LogP contribution in [0.2, 0.25) is 0 Å². The minimum absolute atomic E-state index is 0.499. The van der Waals surface area contributed by atoms with Crippen molar-refractivity contribution in [3.8, 4) is 0 Å². The minimum atomic E-state index is 0.499. The van der Waals surface area contributed by atoms with E-state index in [0.29, 0.717) is 5.41 Å². The number of benzene rings is 1. The maximum Gasteiger partial charge on any atom is 0.0236 e. The predicted molar refractivity (Wildman–Crippen MR) is 89.4 cm³/mol. The highest BCUT2D eigenvalue weighted by Gasteiger charge is 2.36. The second-order valence-corrected chi connectivity index (χ2v) is 7.46. The first-order chi connectivity index (χ1) is 10.2. The van der Waals surface area contributed by atoms with Gasteiger partial charge in [0, 0.05) is 26.2 Å². The molecule has 0 spiro atoms. The lowest BCUT2D eigenvalue weighted by molar-refractivity contribution is 0.0753. The standard InChI is InChI=1S/C19H30N2/c1-16-6-5-10-19(12-16,14-20-2)15-21-11-9-17-7-3-4-8-18(17)13-21/h3-4,7-8,16,20H,5-6,9-15H2,1-2H3. The van der Waals surface area contributed by atoms with E-state index in [1.54, 1.807) is 11.1 Å². The van der Waals surface area contributed by atoms with Crippen LogP contribution < -0.4 is 5.32 Å². The van der Waals surface area contributed by atoms with Crippen molar-refractivity contribution in [3.63, 3.8) is 0 Å². The first kappa shape index (κ1) is 15.1. The smallest absolute Gasteiger partial charge is 0.0236 e. The Hall–Kier alpha value is -0.860. The molecule has 1 fully saturated rings. The van der Waals surface area contributed by atoms with Gasteiger partial charge in [0.1, 0.15) is 0 Å². The van der Waals surface area contributed by atoms with Crippen LogP contribution in [-0.4, -0.2) is 31.6 Å². The fourth-order valence-corrected chi connectivity index (χ4v) is 4.67. The number of nitrogens with one attached hydrogen (secondary N) is 1. The third kappa shape index (κ3) is 3.49. The van der Waals surface area contributed by atoms with Gasteiger partial charge in [-0.1, -0.05) is 44.0 Å². The summed E-state index contributed by atoms with van der Waals surface area (Å²) < 4.78 is 0. The van der Waals surface area contributed by atoms with Gasteiger partial charge in [0.25, 0.3) is 0 Å². The van der Waals surface area contributed by atoms with Crippen molar-refractivity contribution in [1.82, 2.24) is 10.2 Å². The van der Waals surface area contributed by atoms with Crippen molar-refractivity contribution in [2.24, 2.45) is 11.3 Å². The molecule has 1 aliphatic carbocycles. The summed E-state index contributed by atoms with van der Waals surface area (Å²) >= 11 is 0. The van der Waals surface area contributed by atoms with Crippen LogP contribution in [0.5, 0.6) is 0 Å². The second-order valence-electron chi connectivity index (χ2n) is 7.46. The summed E-state index contributed by atoms with van der Waals surface area (Å²) in [6.45, 7) is 7.27. The summed E-state index contributed by atoms with van der Waals surface area (Å²) in [7, 11) is 2.12.